The summed E-state index contributed by atoms with van der Waals surface area (Å²) in [6, 6.07) is 0.199. The molecular weight excluding hydrogens is 206 g/mol. The summed E-state index contributed by atoms with van der Waals surface area (Å²) in [6.45, 7) is 8.91. The highest BCUT2D eigenvalue weighted by atomic mass is 16.5. The van der Waals surface area contributed by atoms with Crippen molar-refractivity contribution in [2.24, 2.45) is 11.3 Å². The standard InChI is InChI=1S/C12H25NO3/c1-9(11(15)16-5)8-13-10(6-7-14)12(2,3)4/h9-10,13-14H,6-8H2,1-5H3. The van der Waals surface area contributed by atoms with Crippen molar-refractivity contribution in [2.75, 3.05) is 20.3 Å². The molecule has 0 fully saturated rings. The number of hydrogen-bond acceptors (Lipinski definition) is 4. The van der Waals surface area contributed by atoms with E-state index >= 15 is 0 Å². The summed E-state index contributed by atoms with van der Waals surface area (Å²) >= 11 is 0. The summed E-state index contributed by atoms with van der Waals surface area (Å²) in [5.41, 5.74) is 0.0680. The third-order valence-electron chi connectivity index (χ3n) is 2.74. The number of carbonyl (C=O) groups excluding carboxylic acids is 1. The Balaban J connectivity index is 4.17. The predicted octanol–water partition coefficient (Wildman–Crippen LogP) is 1.18. The molecule has 4 heteroatoms. The number of hydrogen-bond donors (Lipinski definition) is 2. The van der Waals surface area contributed by atoms with E-state index in [2.05, 4.69) is 30.8 Å². The molecule has 0 amide bonds. The lowest BCUT2D eigenvalue weighted by Crippen LogP contribution is -2.43. The largest absolute Gasteiger partial charge is 0.469 e. The molecule has 0 aromatic carbocycles. The van der Waals surface area contributed by atoms with Crippen LogP contribution in [0.2, 0.25) is 0 Å². The average molecular weight is 231 g/mol. The Morgan fingerprint density at radius 2 is 2.00 bits per heavy atom. The molecule has 96 valence electrons. The number of rotatable bonds is 6. The maximum atomic E-state index is 11.2. The van der Waals surface area contributed by atoms with Gasteiger partial charge in [0.1, 0.15) is 0 Å². The van der Waals surface area contributed by atoms with Crippen LogP contribution < -0.4 is 5.32 Å². The van der Waals surface area contributed by atoms with Gasteiger partial charge in [-0.2, -0.15) is 0 Å². The fourth-order valence-electron chi connectivity index (χ4n) is 1.57. The van der Waals surface area contributed by atoms with Crippen LogP contribution in [0.1, 0.15) is 34.1 Å². The Bertz CT molecular complexity index is 211. The Hall–Kier alpha value is -0.610. The Kier molecular flexibility index (Phi) is 6.60. The maximum Gasteiger partial charge on any atom is 0.309 e. The average Bonchev–Trinajstić information content (AvgIpc) is 2.20. The molecule has 16 heavy (non-hydrogen) atoms. The van der Waals surface area contributed by atoms with Gasteiger partial charge in [0.25, 0.3) is 0 Å². The second-order valence-electron chi connectivity index (χ2n) is 5.26. The predicted molar refractivity (Wildman–Crippen MR) is 64.1 cm³/mol. The van der Waals surface area contributed by atoms with E-state index in [0.29, 0.717) is 13.0 Å². The van der Waals surface area contributed by atoms with Crippen molar-refractivity contribution in [1.29, 1.82) is 0 Å². The van der Waals surface area contributed by atoms with Crippen LogP contribution in [-0.2, 0) is 9.53 Å². The van der Waals surface area contributed by atoms with E-state index in [0.717, 1.165) is 0 Å². The highest BCUT2D eigenvalue weighted by Crippen LogP contribution is 2.21. The summed E-state index contributed by atoms with van der Waals surface area (Å²) in [7, 11) is 1.40. The monoisotopic (exact) mass is 231 g/mol. The third-order valence-corrected chi connectivity index (χ3v) is 2.74. The van der Waals surface area contributed by atoms with Gasteiger partial charge in [-0.05, 0) is 11.8 Å². The van der Waals surface area contributed by atoms with Crippen molar-refractivity contribution < 1.29 is 14.6 Å². The number of aliphatic hydroxyl groups excluding tert-OH is 1. The summed E-state index contributed by atoms with van der Waals surface area (Å²) < 4.78 is 4.66. The third kappa shape index (κ3) is 5.47. The molecule has 0 spiro atoms. The van der Waals surface area contributed by atoms with Gasteiger partial charge in [0.15, 0.2) is 0 Å². The molecule has 0 radical (unpaired) electrons. The van der Waals surface area contributed by atoms with E-state index in [4.69, 9.17) is 5.11 Å². The minimum atomic E-state index is -0.204. The molecule has 0 aromatic heterocycles. The smallest absolute Gasteiger partial charge is 0.309 e. The van der Waals surface area contributed by atoms with Gasteiger partial charge in [-0.1, -0.05) is 27.7 Å². The Morgan fingerprint density at radius 3 is 2.38 bits per heavy atom. The van der Waals surface area contributed by atoms with Gasteiger partial charge in [-0.25, -0.2) is 0 Å². The number of esters is 1. The zero-order valence-electron chi connectivity index (χ0n) is 11.0. The molecule has 0 aromatic rings. The van der Waals surface area contributed by atoms with Crippen LogP contribution in [0.5, 0.6) is 0 Å². The summed E-state index contributed by atoms with van der Waals surface area (Å²) in [6.07, 6.45) is 0.692. The fraction of sp³-hybridized carbons (Fsp3) is 0.917. The summed E-state index contributed by atoms with van der Waals surface area (Å²) in [5.74, 6) is -0.363. The van der Waals surface area contributed by atoms with E-state index in [-0.39, 0.29) is 30.0 Å². The maximum absolute atomic E-state index is 11.2. The molecule has 0 aliphatic carbocycles. The SMILES string of the molecule is COC(=O)C(C)CNC(CCO)C(C)(C)C. The molecule has 0 heterocycles. The molecule has 0 saturated heterocycles. The van der Waals surface area contributed by atoms with Gasteiger partial charge >= 0.3 is 5.97 Å². The van der Waals surface area contributed by atoms with Gasteiger partial charge in [0.05, 0.1) is 13.0 Å². The summed E-state index contributed by atoms with van der Waals surface area (Å²) in [4.78, 5) is 11.2. The Labute approximate surface area is 98.4 Å². The van der Waals surface area contributed by atoms with Crippen molar-refractivity contribution in [3.05, 3.63) is 0 Å². The van der Waals surface area contributed by atoms with E-state index in [1.807, 2.05) is 6.92 Å². The quantitative estimate of drug-likeness (QED) is 0.674. The zero-order valence-corrected chi connectivity index (χ0v) is 11.0. The minimum Gasteiger partial charge on any atom is -0.469 e. The lowest BCUT2D eigenvalue weighted by Gasteiger charge is -2.32. The van der Waals surface area contributed by atoms with Crippen LogP contribution >= 0.6 is 0 Å². The van der Waals surface area contributed by atoms with Crippen molar-refractivity contribution in [3.63, 3.8) is 0 Å². The molecule has 0 aliphatic rings. The highest BCUT2D eigenvalue weighted by Gasteiger charge is 2.25. The number of aliphatic hydroxyl groups is 1. The van der Waals surface area contributed by atoms with Crippen molar-refractivity contribution >= 4 is 5.97 Å². The van der Waals surface area contributed by atoms with Gasteiger partial charge in [-0.3, -0.25) is 4.79 Å². The molecule has 0 aliphatic heterocycles. The van der Waals surface area contributed by atoms with E-state index in [1.54, 1.807) is 0 Å². The molecule has 2 N–H and O–H groups in total. The first-order valence-electron chi connectivity index (χ1n) is 5.75. The Morgan fingerprint density at radius 1 is 1.44 bits per heavy atom. The molecule has 0 saturated carbocycles. The zero-order chi connectivity index (χ0) is 12.8. The van der Waals surface area contributed by atoms with Crippen molar-refractivity contribution in [1.82, 2.24) is 5.32 Å². The lowest BCUT2D eigenvalue weighted by atomic mass is 9.84. The summed E-state index contributed by atoms with van der Waals surface area (Å²) in [5, 5.41) is 12.3. The van der Waals surface area contributed by atoms with Crippen LogP contribution in [0.25, 0.3) is 0 Å². The second kappa shape index (κ2) is 6.86. The van der Waals surface area contributed by atoms with Crippen molar-refractivity contribution in [2.45, 2.75) is 40.2 Å². The van der Waals surface area contributed by atoms with E-state index < -0.39 is 0 Å². The van der Waals surface area contributed by atoms with Crippen LogP contribution in [0, 0.1) is 11.3 Å². The lowest BCUT2D eigenvalue weighted by molar-refractivity contribution is -0.144. The first-order chi connectivity index (χ1) is 7.32. The van der Waals surface area contributed by atoms with Crippen LogP contribution in [0.3, 0.4) is 0 Å². The number of methoxy groups -OCH3 is 1. The van der Waals surface area contributed by atoms with Gasteiger partial charge < -0.3 is 15.2 Å². The highest BCUT2D eigenvalue weighted by molar-refractivity contribution is 5.72. The van der Waals surface area contributed by atoms with Crippen LogP contribution in [-0.4, -0.2) is 37.4 Å². The molecule has 2 unspecified atom stereocenters. The number of ether oxygens (including phenoxy) is 1. The van der Waals surface area contributed by atoms with Gasteiger partial charge in [0, 0.05) is 19.2 Å². The van der Waals surface area contributed by atoms with Crippen molar-refractivity contribution in [3.8, 4) is 0 Å². The fourth-order valence-corrected chi connectivity index (χ4v) is 1.57. The second-order valence-corrected chi connectivity index (χ2v) is 5.26. The molecule has 0 bridgehead atoms. The minimum absolute atomic E-state index is 0.0680. The number of carbonyl (C=O) groups is 1. The van der Waals surface area contributed by atoms with E-state index in [1.165, 1.54) is 7.11 Å². The number of nitrogens with one attached hydrogen (secondary N) is 1. The van der Waals surface area contributed by atoms with E-state index in [9.17, 15) is 4.79 Å². The molecular formula is C12H25NO3. The molecule has 2 atom stereocenters. The van der Waals surface area contributed by atoms with Crippen LogP contribution in [0.4, 0.5) is 0 Å². The van der Waals surface area contributed by atoms with Gasteiger partial charge in [0.2, 0.25) is 0 Å². The van der Waals surface area contributed by atoms with Crippen LogP contribution in [0.15, 0.2) is 0 Å². The molecule has 0 rings (SSSR count). The first kappa shape index (κ1) is 15.4. The van der Waals surface area contributed by atoms with Gasteiger partial charge in [-0.15, -0.1) is 0 Å². The first-order valence-corrected chi connectivity index (χ1v) is 5.75. The normalized spacial score (nSPS) is 15.6. The molecule has 4 nitrogen and oxygen atoms in total. The topological polar surface area (TPSA) is 58.6 Å².